The fourth-order valence-corrected chi connectivity index (χ4v) is 20.3. The summed E-state index contributed by atoms with van der Waals surface area (Å²) in [5.74, 6) is 7.44. The molecule has 4 fully saturated rings. The molecule has 16 aromatic rings. The third-order valence-electron chi connectivity index (χ3n) is 26.1. The highest BCUT2D eigenvalue weighted by Crippen LogP contribution is 2.45. The van der Waals surface area contributed by atoms with Gasteiger partial charge in [0.2, 0.25) is 0 Å². The third kappa shape index (κ3) is 16.9. The quantitative estimate of drug-likeness (QED) is 0.0675. The van der Waals surface area contributed by atoms with Gasteiger partial charge in [-0.05, 0) is 227 Å². The van der Waals surface area contributed by atoms with Crippen LogP contribution in [0.3, 0.4) is 0 Å². The van der Waals surface area contributed by atoms with Crippen molar-refractivity contribution in [3.8, 4) is 67.5 Å². The largest absolute Gasteiger partial charge is 0.382 e. The Kier molecular flexibility index (Phi) is 23.3. The summed E-state index contributed by atoms with van der Waals surface area (Å²) in [6.07, 6.45) is 27.1. The number of hydrogen-bond acceptors (Lipinski definition) is 17. The minimum absolute atomic E-state index is 0.160. The highest BCUT2D eigenvalue weighted by molar-refractivity contribution is 7.86. The van der Waals surface area contributed by atoms with Gasteiger partial charge >= 0.3 is 0 Å². The van der Waals surface area contributed by atoms with Crippen LogP contribution >= 0.6 is 0 Å². The van der Waals surface area contributed by atoms with Gasteiger partial charge in [0.25, 0.3) is 10.1 Å². The Labute approximate surface area is 713 Å². The van der Waals surface area contributed by atoms with Crippen molar-refractivity contribution >= 4 is 76.8 Å². The zero-order valence-electron chi connectivity index (χ0n) is 70.6. The average Bonchev–Trinajstić information content (AvgIpc) is 1.64. The predicted octanol–water partition coefficient (Wildman–Crippen LogP) is 21.1. The second-order valence-corrected chi connectivity index (χ2v) is 36.0. The molecule has 4 aliphatic rings. The molecule has 10 heterocycles. The molecule has 20 nitrogen and oxygen atoms in total. The van der Waals surface area contributed by atoms with Crippen LogP contribution in [0, 0.1) is 45.4 Å². The number of rotatable bonds is 18. The number of likely N-dealkylation sites (tertiary alicyclic amines) is 1. The van der Waals surface area contributed by atoms with E-state index in [1.54, 1.807) is 42.9 Å². The Balaban J connectivity index is 0.000000126. The maximum atomic E-state index is 12.7. The molecule has 0 spiro atoms. The van der Waals surface area contributed by atoms with Gasteiger partial charge in [-0.1, -0.05) is 152 Å². The van der Waals surface area contributed by atoms with Crippen molar-refractivity contribution in [3.05, 3.63) is 265 Å². The van der Waals surface area contributed by atoms with Crippen molar-refractivity contribution < 1.29 is 12.6 Å². The van der Waals surface area contributed by atoms with E-state index in [-0.39, 0.29) is 23.3 Å². The molecule has 0 bridgehead atoms. The van der Waals surface area contributed by atoms with Gasteiger partial charge in [0.1, 0.15) is 68.6 Å². The molecule has 1 saturated heterocycles. The zero-order valence-corrected chi connectivity index (χ0v) is 71.4. The second-order valence-electron chi connectivity index (χ2n) is 34.4. The molecule has 1 aliphatic heterocycles. The molecule has 6 N–H and O–H groups in total. The summed E-state index contributed by atoms with van der Waals surface area (Å²) in [6, 6.07) is 63.4. The molecule has 0 atom stereocenters. The van der Waals surface area contributed by atoms with Crippen molar-refractivity contribution in [1.29, 1.82) is 0 Å². The number of hydrogen-bond donors (Lipinski definition) is 3. The van der Waals surface area contributed by atoms with Crippen LogP contribution in [0.5, 0.6) is 0 Å². The number of anilines is 3. The first-order valence-electron chi connectivity index (χ1n) is 43.6. The van der Waals surface area contributed by atoms with Crippen LogP contribution in [0.2, 0.25) is 0 Å². The Morgan fingerprint density at radius 1 is 0.410 bits per heavy atom. The summed E-state index contributed by atoms with van der Waals surface area (Å²) in [5, 5.41) is 3.40. The number of pyridine rings is 3. The molecule has 7 aromatic carbocycles. The molecule has 3 aliphatic carbocycles. The monoisotopic (exact) mass is 1640 g/mol. The molecule has 122 heavy (non-hydrogen) atoms. The van der Waals surface area contributed by atoms with Crippen molar-refractivity contribution in [2.24, 2.45) is 17.8 Å². The summed E-state index contributed by atoms with van der Waals surface area (Å²) in [6.45, 7) is 16.9. The van der Waals surface area contributed by atoms with E-state index in [1.807, 2.05) is 55.8 Å². The van der Waals surface area contributed by atoms with Crippen molar-refractivity contribution in [3.63, 3.8) is 0 Å². The van der Waals surface area contributed by atoms with Gasteiger partial charge in [-0.2, -0.15) is 8.42 Å². The molecule has 3 saturated carbocycles. The van der Waals surface area contributed by atoms with Gasteiger partial charge in [-0.25, -0.2) is 44.9 Å². The first kappa shape index (κ1) is 80.9. The summed E-state index contributed by atoms with van der Waals surface area (Å²) >= 11 is 0. The molecule has 0 radical (unpaired) electrons. The van der Waals surface area contributed by atoms with E-state index in [0.29, 0.717) is 29.3 Å². The lowest BCUT2D eigenvalue weighted by Crippen LogP contribution is -2.29. The minimum atomic E-state index is -3.78. The van der Waals surface area contributed by atoms with Crippen LogP contribution in [-0.4, -0.2) is 123 Å². The Hall–Kier alpha value is -12.1. The minimum Gasteiger partial charge on any atom is -0.382 e. The summed E-state index contributed by atoms with van der Waals surface area (Å²) in [5.41, 5.74) is 41.2. The van der Waals surface area contributed by atoms with E-state index in [9.17, 15) is 8.42 Å². The third-order valence-corrected chi connectivity index (χ3v) is 27.4. The van der Waals surface area contributed by atoms with Gasteiger partial charge in [-0.15, -0.1) is 0 Å². The van der Waals surface area contributed by atoms with E-state index in [1.165, 1.54) is 88.7 Å². The molecule has 20 rings (SSSR count). The van der Waals surface area contributed by atoms with Crippen LogP contribution in [-0.2, 0) is 14.3 Å². The van der Waals surface area contributed by atoms with Gasteiger partial charge in [0.15, 0.2) is 0 Å². The van der Waals surface area contributed by atoms with Crippen LogP contribution in [0.4, 0.5) is 17.5 Å². The zero-order chi connectivity index (χ0) is 83.7. The van der Waals surface area contributed by atoms with E-state index < -0.39 is 10.1 Å². The van der Waals surface area contributed by atoms with E-state index in [4.69, 9.17) is 51.3 Å². The summed E-state index contributed by atoms with van der Waals surface area (Å²) in [7, 11) is -1.56. The SMILES string of the molecule is CCN(C)CC1CCC(c2nc(-c3ccc4c(C)cc(-c5ccccc5)nc4c3)c3c(N)nccn23)CC1.Cc1cc(-c2ccccc2)nc2cc(-c3nc(C4CCC(CN5CCCC5)CC4)n4ccnc(N)c34)ccc12.Cc1ccc(S(=O)(=O)OCC2CCC(c3nc(-c4ccc5c(C)cc(-c6ccccc6)nc5c4)c4c(N)nccn34)CC2)cc1. The topological polar surface area (TPSA) is 257 Å². The molecule has 21 heteroatoms. The average molecular weight is 1640 g/mol. The summed E-state index contributed by atoms with van der Waals surface area (Å²) < 4.78 is 37.4. The fourth-order valence-electron chi connectivity index (χ4n) is 19.3. The van der Waals surface area contributed by atoms with E-state index >= 15 is 0 Å². The van der Waals surface area contributed by atoms with Crippen LogP contribution in [0.1, 0.15) is 154 Å². The lowest BCUT2D eigenvalue weighted by molar-refractivity contribution is 0.203. The molecule has 620 valence electrons. The molecule has 0 unspecified atom stereocenters. The van der Waals surface area contributed by atoms with Gasteiger partial charge in [0, 0.05) is 118 Å². The number of nitrogens with zero attached hydrogens (tertiary/aromatic N) is 14. The first-order chi connectivity index (χ1) is 59.4. The maximum Gasteiger partial charge on any atom is 0.296 e. The van der Waals surface area contributed by atoms with Crippen LogP contribution < -0.4 is 17.2 Å². The fraction of sp³-hybridized carbons (Fsp3) is 0.317. The van der Waals surface area contributed by atoms with Crippen molar-refractivity contribution in [1.82, 2.24) is 67.9 Å². The van der Waals surface area contributed by atoms with E-state index in [2.05, 4.69) is 206 Å². The van der Waals surface area contributed by atoms with Crippen molar-refractivity contribution in [2.75, 3.05) is 63.6 Å². The number of benzene rings is 7. The number of aromatic nitrogens is 12. The van der Waals surface area contributed by atoms with Gasteiger partial charge in [0.05, 0.1) is 45.1 Å². The summed E-state index contributed by atoms with van der Waals surface area (Å²) in [4.78, 5) is 49.4. The van der Waals surface area contributed by atoms with Crippen molar-refractivity contribution in [2.45, 2.75) is 147 Å². The lowest BCUT2D eigenvalue weighted by atomic mass is 9.81. The lowest BCUT2D eigenvalue weighted by Gasteiger charge is -2.30. The van der Waals surface area contributed by atoms with Crippen LogP contribution in [0.25, 0.3) is 117 Å². The Morgan fingerprint density at radius 3 is 1.12 bits per heavy atom. The second kappa shape index (κ2) is 35.1. The maximum absolute atomic E-state index is 12.7. The molecular formula is C101H107N17O3S. The van der Waals surface area contributed by atoms with Crippen LogP contribution in [0.15, 0.2) is 230 Å². The molecule has 9 aromatic heterocycles. The normalized spacial score (nSPS) is 18.4. The number of nitrogen functional groups attached to an aromatic ring is 3. The number of fused-ring (bicyclic) bond motifs is 6. The van der Waals surface area contributed by atoms with E-state index in [0.717, 1.165) is 202 Å². The molecular weight excluding hydrogens is 1530 g/mol. The Morgan fingerprint density at radius 2 is 0.762 bits per heavy atom. The number of aryl methyl sites for hydroxylation is 4. The Bertz CT molecular complexity index is 6580. The first-order valence-corrected chi connectivity index (χ1v) is 45.0. The smallest absolute Gasteiger partial charge is 0.296 e. The standard InChI is InChI=1S/C36H35N5O3S.C33H36N6.C32H36N6/c1-23-8-15-29(16-9-23)45(42,43)44-22-25-10-12-27(13-11-25)36-40-33(34-35(37)38-18-19-41(34)36)28-14-17-30-24(2)20-31(39-32(30)21-28)26-6-4-3-5-7-26;1-22-19-28(24-7-3-2-4-8-24)36-29-20-26(13-14-27(22)29)30-31-32(34)35-15-18-39(31)33(37-30)25-11-9-23(10-12-25)21-38-16-5-6-17-38;1-4-37(3)20-22-10-12-24(13-11-22)32-36-29(30-31(33)34-16-17-38(30)32)25-14-15-26-21(2)18-27(35-28(26)19-25)23-8-6-5-7-9-23/h3-9,14-21,25,27H,10-13,22H2,1-2H3,(H2,37,38);2-4,7-8,13-15,18-20,23,25H,5-6,9-12,16-17,21H2,1H3,(H2,34,35);5-9,14-19,22,24H,4,10-13,20H2,1-3H3,(H2,33,34). The number of nitrogens with two attached hydrogens (primary N) is 3. The highest BCUT2D eigenvalue weighted by atomic mass is 32.2. The number of imidazole rings is 3. The predicted molar refractivity (Wildman–Crippen MR) is 492 cm³/mol. The van der Waals surface area contributed by atoms with Gasteiger partial charge < -0.3 is 27.0 Å². The van der Waals surface area contributed by atoms with Gasteiger partial charge in [-0.3, -0.25) is 17.4 Å². The molecule has 0 amide bonds. The highest BCUT2D eigenvalue weighted by Gasteiger charge is 2.34.